The third-order valence-electron chi connectivity index (χ3n) is 6.07. The quantitative estimate of drug-likeness (QED) is 0.337. The lowest BCUT2D eigenvalue weighted by atomic mass is 9.94. The van der Waals surface area contributed by atoms with Gasteiger partial charge in [-0.3, -0.25) is 0 Å². The van der Waals surface area contributed by atoms with E-state index in [0.29, 0.717) is 0 Å². The van der Waals surface area contributed by atoms with E-state index in [-0.39, 0.29) is 0 Å². The fraction of sp³-hybridized carbons (Fsp3) is 0.379. The van der Waals surface area contributed by atoms with Crippen LogP contribution in [0.3, 0.4) is 0 Å². The van der Waals surface area contributed by atoms with E-state index in [2.05, 4.69) is 96.3 Å². The Kier molecular flexibility index (Phi) is 9.03. The molecule has 2 heteroatoms. The molecule has 6 rings (SSSR count). The molecular formula is C29H34S2. The van der Waals surface area contributed by atoms with Crippen LogP contribution in [0.4, 0.5) is 0 Å². The van der Waals surface area contributed by atoms with E-state index in [9.17, 15) is 0 Å². The maximum absolute atomic E-state index is 2.31. The predicted octanol–water partition coefficient (Wildman–Crippen LogP) is 9.23. The van der Waals surface area contributed by atoms with Crippen molar-refractivity contribution in [2.24, 2.45) is 0 Å². The lowest BCUT2D eigenvalue weighted by Crippen LogP contribution is -1.88. The first kappa shape index (κ1) is 22.6. The maximum atomic E-state index is 2.31. The third-order valence-corrected chi connectivity index (χ3v) is 8.30. The Morgan fingerprint density at radius 2 is 0.806 bits per heavy atom. The summed E-state index contributed by atoms with van der Waals surface area (Å²) in [6.07, 6.45) is 9.76. The normalized spacial score (nSPS) is 16.6. The van der Waals surface area contributed by atoms with Crippen LogP contribution < -0.4 is 0 Å². The number of fused-ring (bicyclic) bond motifs is 2. The third kappa shape index (κ3) is 6.92. The second-order valence-corrected chi connectivity index (χ2v) is 10.7. The minimum atomic E-state index is 1.13. The smallest absolute Gasteiger partial charge is 0.0184 e. The van der Waals surface area contributed by atoms with Crippen molar-refractivity contribution < 1.29 is 0 Å². The molecule has 0 spiro atoms. The summed E-state index contributed by atoms with van der Waals surface area (Å²) in [6.45, 7) is 0. The molecule has 0 atom stereocenters. The van der Waals surface area contributed by atoms with Crippen LogP contribution in [-0.2, 0) is 11.5 Å². The zero-order valence-electron chi connectivity index (χ0n) is 18.5. The highest BCUT2D eigenvalue weighted by Gasteiger charge is 2.08. The van der Waals surface area contributed by atoms with Gasteiger partial charge in [-0.25, -0.2) is 0 Å². The van der Waals surface area contributed by atoms with Crippen molar-refractivity contribution in [2.75, 3.05) is 11.5 Å². The van der Waals surface area contributed by atoms with E-state index in [1.54, 1.807) is 0 Å². The summed E-state index contributed by atoms with van der Waals surface area (Å²) in [6, 6.07) is 27.3. The molecule has 3 aromatic rings. The largest absolute Gasteiger partial charge is 0.157 e. The second kappa shape index (κ2) is 12.4. The molecule has 162 valence electrons. The van der Waals surface area contributed by atoms with Crippen LogP contribution in [-0.4, -0.2) is 11.5 Å². The number of hydrogen-bond acceptors (Lipinski definition) is 2. The highest BCUT2D eigenvalue weighted by atomic mass is 32.2. The molecule has 3 heterocycles. The van der Waals surface area contributed by atoms with Gasteiger partial charge in [0.1, 0.15) is 0 Å². The Labute approximate surface area is 197 Å². The van der Waals surface area contributed by atoms with Gasteiger partial charge < -0.3 is 0 Å². The maximum Gasteiger partial charge on any atom is 0.0184 e. The lowest BCUT2D eigenvalue weighted by Gasteiger charge is -2.12. The van der Waals surface area contributed by atoms with E-state index < -0.39 is 0 Å². The van der Waals surface area contributed by atoms with Gasteiger partial charge >= 0.3 is 0 Å². The Morgan fingerprint density at radius 3 is 1.23 bits per heavy atom. The predicted molar refractivity (Wildman–Crippen MR) is 142 cm³/mol. The molecule has 0 unspecified atom stereocenters. The van der Waals surface area contributed by atoms with Crippen molar-refractivity contribution in [1.29, 1.82) is 0 Å². The minimum absolute atomic E-state index is 1.13. The topological polar surface area (TPSA) is 0 Å². The van der Waals surface area contributed by atoms with E-state index in [1.807, 2.05) is 0 Å². The van der Waals surface area contributed by atoms with Gasteiger partial charge in [-0.2, -0.15) is 23.5 Å². The summed E-state index contributed by atoms with van der Waals surface area (Å²) in [5.41, 5.74) is 8.13. The van der Waals surface area contributed by atoms with Crippen molar-refractivity contribution in [2.45, 2.75) is 56.5 Å². The molecule has 0 amide bonds. The average Bonchev–Trinajstić information content (AvgIpc) is 2.82. The standard InChI is InChI=1S/C29H34S2/c1-2-4-8-20-30-22-24-12-16-26(17-13-24)28-10-6-7-11-29(28)27-18-14-25(15-19-27)23-31-21-9-5-3-1/h6-7,10-19H,1-5,8-9,20-23H2. The van der Waals surface area contributed by atoms with E-state index in [1.165, 1.54) is 89.8 Å². The summed E-state index contributed by atoms with van der Waals surface area (Å²) in [5, 5.41) is 0. The number of rotatable bonds is 0. The van der Waals surface area contributed by atoms with Crippen molar-refractivity contribution >= 4 is 23.5 Å². The van der Waals surface area contributed by atoms with Crippen LogP contribution in [0.2, 0.25) is 0 Å². The Balaban J connectivity index is 1.52. The van der Waals surface area contributed by atoms with Crippen molar-refractivity contribution in [3.05, 3.63) is 83.9 Å². The average molecular weight is 447 g/mol. The van der Waals surface area contributed by atoms with Crippen molar-refractivity contribution in [1.82, 2.24) is 0 Å². The minimum Gasteiger partial charge on any atom is -0.157 e. The lowest BCUT2D eigenvalue weighted by molar-refractivity contribution is 0.605. The Bertz CT molecular complexity index is 836. The van der Waals surface area contributed by atoms with E-state index in [4.69, 9.17) is 0 Å². The molecule has 0 radical (unpaired) electrons. The molecule has 0 aliphatic carbocycles. The molecule has 3 aliphatic rings. The SMILES string of the molecule is c1ccc2c(c1)-c1ccc(cc1)CSCCCCCCCCCSCc1ccc-2cc1. The van der Waals surface area contributed by atoms with Crippen LogP contribution in [0.1, 0.15) is 56.1 Å². The molecule has 0 saturated carbocycles. The molecule has 0 fully saturated rings. The number of hydrogen-bond donors (Lipinski definition) is 0. The summed E-state index contributed by atoms with van der Waals surface area (Å²) in [7, 11) is 0. The molecule has 0 saturated heterocycles. The second-order valence-electron chi connectivity index (χ2n) is 8.52. The van der Waals surface area contributed by atoms with Crippen molar-refractivity contribution in [3.63, 3.8) is 0 Å². The molecule has 3 aliphatic heterocycles. The van der Waals surface area contributed by atoms with Gasteiger partial charge in [0.05, 0.1) is 0 Å². The van der Waals surface area contributed by atoms with Gasteiger partial charge in [-0.1, -0.05) is 105 Å². The number of thioether (sulfide) groups is 2. The van der Waals surface area contributed by atoms with Gasteiger partial charge in [0, 0.05) is 11.5 Å². The van der Waals surface area contributed by atoms with Gasteiger partial charge in [0.25, 0.3) is 0 Å². The Hall–Kier alpha value is -1.64. The first-order valence-electron chi connectivity index (χ1n) is 11.8. The van der Waals surface area contributed by atoms with Gasteiger partial charge in [-0.15, -0.1) is 0 Å². The fourth-order valence-electron chi connectivity index (χ4n) is 4.22. The first-order valence-corrected chi connectivity index (χ1v) is 14.1. The fourth-order valence-corrected chi connectivity index (χ4v) is 6.18. The molecule has 31 heavy (non-hydrogen) atoms. The van der Waals surface area contributed by atoms with Crippen molar-refractivity contribution in [3.8, 4) is 22.3 Å². The molecule has 3 aromatic carbocycles. The first-order chi connectivity index (χ1) is 15.4. The molecule has 0 N–H and O–H groups in total. The zero-order valence-corrected chi connectivity index (χ0v) is 20.2. The van der Waals surface area contributed by atoms with Crippen LogP contribution in [0.5, 0.6) is 0 Å². The van der Waals surface area contributed by atoms with Crippen LogP contribution in [0.15, 0.2) is 72.8 Å². The summed E-state index contributed by atoms with van der Waals surface area (Å²) >= 11 is 4.17. The van der Waals surface area contributed by atoms with Crippen LogP contribution in [0.25, 0.3) is 22.3 Å². The summed E-state index contributed by atoms with van der Waals surface area (Å²) in [5.74, 6) is 4.83. The molecule has 4 bridgehead atoms. The molecule has 0 aromatic heterocycles. The van der Waals surface area contributed by atoms with Gasteiger partial charge in [0.15, 0.2) is 0 Å². The van der Waals surface area contributed by atoms with Crippen LogP contribution >= 0.6 is 23.5 Å². The summed E-state index contributed by atoms with van der Waals surface area (Å²) < 4.78 is 0. The Morgan fingerprint density at radius 1 is 0.419 bits per heavy atom. The van der Waals surface area contributed by atoms with Gasteiger partial charge in [-0.05, 0) is 57.7 Å². The molecular weight excluding hydrogens is 412 g/mol. The number of benzene rings is 3. The van der Waals surface area contributed by atoms with Gasteiger partial charge in [0.2, 0.25) is 0 Å². The van der Waals surface area contributed by atoms with E-state index in [0.717, 1.165) is 11.5 Å². The highest BCUT2D eigenvalue weighted by Crippen LogP contribution is 2.33. The highest BCUT2D eigenvalue weighted by molar-refractivity contribution is 7.98. The monoisotopic (exact) mass is 446 g/mol. The van der Waals surface area contributed by atoms with Crippen LogP contribution in [0, 0.1) is 0 Å². The zero-order chi connectivity index (χ0) is 21.1. The van der Waals surface area contributed by atoms with E-state index >= 15 is 0 Å². The molecule has 0 nitrogen and oxygen atoms in total. The summed E-state index contributed by atoms with van der Waals surface area (Å²) in [4.78, 5) is 0.